The van der Waals surface area contributed by atoms with Gasteiger partial charge in [0.2, 0.25) is 0 Å². The molecule has 5 heteroatoms. The molecule has 0 aliphatic heterocycles. The summed E-state index contributed by atoms with van der Waals surface area (Å²) in [5.74, 6) is 0. The molecule has 0 bridgehead atoms. The van der Waals surface area contributed by atoms with E-state index in [1.54, 1.807) is 0 Å². The minimum atomic E-state index is 0.556. The third-order valence-corrected chi connectivity index (χ3v) is 2.67. The van der Waals surface area contributed by atoms with E-state index in [2.05, 4.69) is 15.4 Å². The number of anilines is 1. The van der Waals surface area contributed by atoms with Crippen molar-refractivity contribution in [3.63, 3.8) is 0 Å². The molecular weight excluding hydrogens is 228 g/mol. The summed E-state index contributed by atoms with van der Waals surface area (Å²) < 4.78 is 7.45. The largest absolute Gasteiger partial charge is 0.424 e. The van der Waals surface area contributed by atoms with Gasteiger partial charge in [0.25, 0.3) is 6.01 Å². The van der Waals surface area contributed by atoms with Crippen molar-refractivity contribution in [2.24, 2.45) is 0 Å². The standard InChI is InChI=1S/C13H14N4O/c1-10-8-15-17(9-10)7-6-14-13-16-11-4-2-3-5-12(11)18-13/h2-5,8-9H,6-7H2,1H3,(H,14,16). The van der Waals surface area contributed by atoms with Crippen molar-refractivity contribution in [1.29, 1.82) is 0 Å². The molecule has 0 radical (unpaired) electrons. The van der Waals surface area contributed by atoms with E-state index < -0.39 is 0 Å². The van der Waals surface area contributed by atoms with Crippen LogP contribution in [0.3, 0.4) is 0 Å². The van der Waals surface area contributed by atoms with Crippen LogP contribution >= 0.6 is 0 Å². The number of hydrogen-bond donors (Lipinski definition) is 1. The minimum Gasteiger partial charge on any atom is -0.424 e. The molecule has 0 amide bonds. The average Bonchev–Trinajstić information content (AvgIpc) is 2.95. The van der Waals surface area contributed by atoms with Gasteiger partial charge in [-0.25, -0.2) is 0 Å². The van der Waals surface area contributed by atoms with Gasteiger partial charge >= 0.3 is 0 Å². The summed E-state index contributed by atoms with van der Waals surface area (Å²) in [6, 6.07) is 8.27. The lowest BCUT2D eigenvalue weighted by Crippen LogP contribution is -2.10. The van der Waals surface area contributed by atoms with Crippen molar-refractivity contribution >= 4 is 17.1 Å². The maximum atomic E-state index is 5.56. The highest BCUT2D eigenvalue weighted by molar-refractivity contribution is 5.74. The van der Waals surface area contributed by atoms with Crippen molar-refractivity contribution in [3.8, 4) is 0 Å². The van der Waals surface area contributed by atoms with Crippen LogP contribution in [-0.2, 0) is 6.54 Å². The zero-order chi connectivity index (χ0) is 12.4. The molecule has 0 spiro atoms. The molecule has 0 saturated carbocycles. The summed E-state index contributed by atoms with van der Waals surface area (Å²) in [7, 11) is 0. The summed E-state index contributed by atoms with van der Waals surface area (Å²) in [5, 5.41) is 7.37. The summed E-state index contributed by atoms with van der Waals surface area (Å²) in [6.07, 6.45) is 3.85. The molecule has 0 aliphatic carbocycles. The van der Waals surface area contributed by atoms with E-state index in [0.29, 0.717) is 6.01 Å². The summed E-state index contributed by atoms with van der Waals surface area (Å²) in [5.41, 5.74) is 2.83. The summed E-state index contributed by atoms with van der Waals surface area (Å²) in [6.45, 7) is 3.54. The van der Waals surface area contributed by atoms with E-state index in [0.717, 1.165) is 29.8 Å². The predicted octanol–water partition coefficient (Wildman–Crippen LogP) is 2.44. The Morgan fingerprint density at radius 1 is 1.33 bits per heavy atom. The van der Waals surface area contributed by atoms with Crippen molar-refractivity contribution in [3.05, 3.63) is 42.2 Å². The number of hydrogen-bond acceptors (Lipinski definition) is 4. The number of benzene rings is 1. The molecule has 0 fully saturated rings. The Hall–Kier alpha value is -2.30. The minimum absolute atomic E-state index is 0.556. The highest BCUT2D eigenvalue weighted by Crippen LogP contribution is 2.17. The number of nitrogens with one attached hydrogen (secondary N) is 1. The lowest BCUT2D eigenvalue weighted by Gasteiger charge is -2.01. The molecule has 0 saturated heterocycles. The van der Waals surface area contributed by atoms with Crippen LogP contribution in [0.5, 0.6) is 0 Å². The molecule has 92 valence electrons. The maximum Gasteiger partial charge on any atom is 0.295 e. The van der Waals surface area contributed by atoms with E-state index in [-0.39, 0.29) is 0 Å². The topological polar surface area (TPSA) is 55.9 Å². The Morgan fingerprint density at radius 2 is 2.22 bits per heavy atom. The first kappa shape index (κ1) is 10.8. The molecule has 0 aliphatic rings. The first-order valence-electron chi connectivity index (χ1n) is 5.90. The van der Waals surface area contributed by atoms with Gasteiger partial charge < -0.3 is 9.73 Å². The van der Waals surface area contributed by atoms with E-state index in [1.165, 1.54) is 0 Å². The molecule has 3 aromatic rings. The van der Waals surface area contributed by atoms with Crippen LogP contribution in [0.2, 0.25) is 0 Å². The van der Waals surface area contributed by atoms with Crippen LogP contribution in [0.25, 0.3) is 11.1 Å². The van der Waals surface area contributed by atoms with Crippen LogP contribution in [-0.4, -0.2) is 21.3 Å². The number of para-hydroxylation sites is 2. The van der Waals surface area contributed by atoms with Gasteiger partial charge in [0.1, 0.15) is 5.52 Å². The van der Waals surface area contributed by atoms with Crippen LogP contribution in [0.1, 0.15) is 5.56 Å². The average molecular weight is 242 g/mol. The zero-order valence-electron chi connectivity index (χ0n) is 10.1. The maximum absolute atomic E-state index is 5.56. The van der Waals surface area contributed by atoms with Gasteiger partial charge in [-0.2, -0.15) is 10.1 Å². The molecule has 3 rings (SSSR count). The quantitative estimate of drug-likeness (QED) is 0.763. The first-order valence-corrected chi connectivity index (χ1v) is 5.90. The van der Waals surface area contributed by atoms with E-state index in [1.807, 2.05) is 48.3 Å². The lowest BCUT2D eigenvalue weighted by atomic mass is 10.3. The van der Waals surface area contributed by atoms with Gasteiger partial charge in [-0.05, 0) is 24.6 Å². The Bertz CT molecular complexity index is 623. The van der Waals surface area contributed by atoms with Crippen LogP contribution in [0.4, 0.5) is 6.01 Å². The summed E-state index contributed by atoms with van der Waals surface area (Å²) >= 11 is 0. The fourth-order valence-corrected chi connectivity index (χ4v) is 1.81. The molecule has 0 atom stereocenters. The fourth-order valence-electron chi connectivity index (χ4n) is 1.81. The van der Waals surface area contributed by atoms with Gasteiger partial charge in [0.05, 0.1) is 12.7 Å². The van der Waals surface area contributed by atoms with Crippen molar-refractivity contribution in [2.75, 3.05) is 11.9 Å². The third-order valence-electron chi connectivity index (χ3n) is 2.67. The van der Waals surface area contributed by atoms with Crippen LogP contribution < -0.4 is 5.32 Å². The monoisotopic (exact) mass is 242 g/mol. The van der Waals surface area contributed by atoms with Crippen LogP contribution in [0.15, 0.2) is 41.1 Å². The number of nitrogens with zero attached hydrogens (tertiary/aromatic N) is 3. The molecule has 1 N–H and O–H groups in total. The summed E-state index contributed by atoms with van der Waals surface area (Å²) in [4.78, 5) is 4.34. The predicted molar refractivity (Wildman–Crippen MR) is 69.5 cm³/mol. The smallest absolute Gasteiger partial charge is 0.295 e. The highest BCUT2D eigenvalue weighted by Gasteiger charge is 2.03. The van der Waals surface area contributed by atoms with Crippen molar-refractivity contribution < 1.29 is 4.42 Å². The van der Waals surface area contributed by atoms with E-state index in [9.17, 15) is 0 Å². The van der Waals surface area contributed by atoms with E-state index in [4.69, 9.17) is 4.42 Å². The second-order valence-corrected chi connectivity index (χ2v) is 4.19. The Balaban J connectivity index is 1.62. The number of aromatic nitrogens is 3. The molecule has 0 unspecified atom stereocenters. The first-order chi connectivity index (χ1) is 8.81. The molecule has 18 heavy (non-hydrogen) atoms. The molecule has 2 aromatic heterocycles. The van der Waals surface area contributed by atoms with Gasteiger partial charge in [-0.1, -0.05) is 12.1 Å². The Morgan fingerprint density at radius 3 is 3.00 bits per heavy atom. The number of aryl methyl sites for hydroxylation is 1. The third kappa shape index (κ3) is 2.20. The van der Waals surface area contributed by atoms with Crippen LogP contribution in [0, 0.1) is 6.92 Å². The molecule has 2 heterocycles. The molecule has 5 nitrogen and oxygen atoms in total. The van der Waals surface area contributed by atoms with Crippen molar-refractivity contribution in [2.45, 2.75) is 13.5 Å². The Labute approximate surface area is 104 Å². The number of rotatable bonds is 4. The second-order valence-electron chi connectivity index (χ2n) is 4.19. The second kappa shape index (κ2) is 4.52. The van der Waals surface area contributed by atoms with Gasteiger partial charge in [0, 0.05) is 12.7 Å². The number of oxazole rings is 1. The van der Waals surface area contributed by atoms with Gasteiger partial charge in [-0.15, -0.1) is 0 Å². The fraction of sp³-hybridized carbons (Fsp3) is 0.231. The number of fused-ring (bicyclic) bond motifs is 1. The van der Waals surface area contributed by atoms with E-state index >= 15 is 0 Å². The van der Waals surface area contributed by atoms with Gasteiger partial charge in [0.15, 0.2) is 5.58 Å². The SMILES string of the molecule is Cc1cnn(CCNc2nc3ccccc3o2)c1. The molecular formula is C13H14N4O. The Kier molecular flexibility index (Phi) is 2.72. The normalized spacial score (nSPS) is 10.9. The zero-order valence-corrected chi connectivity index (χ0v) is 10.1. The lowest BCUT2D eigenvalue weighted by molar-refractivity contribution is 0.592. The van der Waals surface area contributed by atoms with Crippen molar-refractivity contribution in [1.82, 2.24) is 14.8 Å². The highest BCUT2D eigenvalue weighted by atomic mass is 16.4. The van der Waals surface area contributed by atoms with Gasteiger partial charge in [-0.3, -0.25) is 4.68 Å². The molecule has 1 aromatic carbocycles.